The molecule has 0 amide bonds. The molecule has 0 aliphatic rings. The molecule has 0 aromatic rings. The molecule has 0 radical (unpaired) electrons. The predicted octanol–water partition coefficient (Wildman–Crippen LogP) is -0.383. The van der Waals surface area contributed by atoms with Gasteiger partial charge in [0.25, 0.3) is 0 Å². The molecule has 11 heteroatoms. The molecule has 0 aromatic heterocycles. The third-order valence-corrected chi connectivity index (χ3v) is 5.17. The lowest BCUT2D eigenvalue weighted by Crippen LogP contribution is -2.29. The zero-order chi connectivity index (χ0) is 18.6. The van der Waals surface area contributed by atoms with Gasteiger partial charge in [0.1, 0.15) is 9.84 Å². The van der Waals surface area contributed by atoms with Crippen LogP contribution in [0.4, 0.5) is 0 Å². The van der Waals surface area contributed by atoms with Crippen LogP contribution in [0.1, 0.15) is 32.6 Å². The molecule has 9 nitrogen and oxygen atoms in total. The summed E-state index contributed by atoms with van der Waals surface area (Å²) < 4.78 is 56.8. The van der Waals surface area contributed by atoms with Gasteiger partial charge in [-0.3, -0.25) is 9.59 Å². The minimum Gasteiger partial charge on any atom is -0.466 e. The minimum atomic E-state index is -3.63. The molecule has 0 aliphatic heterocycles. The highest BCUT2D eigenvalue weighted by molar-refractivity contribution is 7.91. The van der Waals surface area contributed by atoms with Gasteiger partial charge in [-0.25, -0.2) is 21.6 Å². The monoisotopic (exact) mass is 387 g/mol. The smallest absolute Gasteiger partial charge is 0.307 e. The number of hydrogen-bond acceptors (Lipinski definition) is 8. The number of rotatable bonds is 13. The Hall–Kier alpha value is -1.20. The molecule has 0 rings (SSSR count). The fourth-order valence-electron chi connectivity index (χ4n) is 1.60. The average Bonchev–Trinajstić information content (AvgIpc) is 2.42. The Morgan fingerprint density at radius 1 is 0.917 bits per heavy atom. The van der Waals surface area contributed by atoms with Crippen LogP contribution in [0.3, 0.4) is 0 Å². The first-order chi connectivity index (χ1) is 11.1. The van der Waals surface area contributed by atoms with Crippen LogP contribution in [-0.4, -0.2) is 66.3 Å². The van der Waals surface area contributed by atoms with Crippen molar-refractivity contribution < 1.29 is 35.9 Å². The van der Waals surface area contributed by atoms with Gasteiger partial charge in [0.15, 0.2) is 0 Å². The fourth-order valence-corrected chi connectivity index (χ4v) is 3.53. The Balaban J connectivity index is 3.81. The van der Waals surface area contributed by atoms with E-state index in [-0.39, 0.29) is 49.9 Å². The Labute approximate surface area is 143 Å². The summed E-state index contributed by atoms with van der Waals surface area (Å²) in [5.41, 5.74) is 0. The molecule has 24 heavy (non-hydrogen) atoms. The van der Waals surface area contributed by atoms with Gasteiger partial charge in [-0.1, -0.05) is 0 Å². The number of hydrogen-bond donors (Lipinski definition) is 1. The van der Waals surface area contributed by atoms with Crippen LogP contribution in [0.2, 0.25) is 0 Å². The van der Waals surface area contributed by atoms with E-state index in [9.17, 15) is 26.4 Å². The summed E-state index contributed by atoms with van der Waals surface area (Å²) in [6, 6.07) is 0. The summed E-state index contributed by atoms with van der Waals surface area (Å²) >= 11 is 0. The SMILES string of the molecule is CCOC(=O)CCCOC(=O)CCNS(=O)(=O)CCCS(C)(=O)=O. The maximum Gasteiger partial charge on any atom is 0.307 e. The second kappa shape index (κ2) is 11.4. The van der Waals surface area contributed by atoms with Gasteiger partial charge in [0.05, 0.1) is 31.1 Å². The predicted molar refractivity (Wildman–Crippen MR) is 87.6 cm³/mol. The fraction of sp³-hybridized carbons (Fsp3) is 0.846. The highest BCUT2D eigenvalue weighted by Crippen LogP contribution is 1.97. The first-order valence-electron chi connectivity index (χ1n) is 7.52. The number of sulfonamides is 1. The van der Waals surface area contributed by atoms with Crippen LogP contribution in [0, 0.1) is 0 Å². The zero-order valence-corrected chi connectivity index (χ0v) is 15.6. The molecule has 0 heterocycles. The van der Waals surface area contributed by atoms with E-state index < -0.39 is 25.8 Å². The second-order valence-electron chi connectivity index (χ2n) is 5.08. The first-order valence-corrected chi connectivity index (χ1v) is 11.2. The van der Waals surface area contributed by atoms with Crippen molar-refractivity contribution in [3.05, 3.63) is 0 Å². The van der Waals surface area contributed by atoms with E-state index in [1.807, 2.05) is 0 Å². The lowest BCUT2D eigenvalue weighted by atomic mass is 10.3. The van der Waals surface area contributed by atoms with E-state index in [2.05, 4.69) is 4.72 Å². The summed E-state index contributed by atoms with van der Waals surface area (Å²) in [7, 11) is -6.83. The molecular weight excluding hydrogens is 362 g/mol. The van der Waals surface area contributed by atoms with E-state index in [1.54, 1.807) is 6.92 Å². The Morgan fingerprint density at radius 2 is 1.54 bits per heavy atom. The minimum absolute atomic E-state index is 0.00747. The summed E-state index contributed by atoms with van der Waals surface area (Å²) in [5.74, 6) is -1.49. The van der Waals surface area contributed by atoms with Crippen molar-refractivity contribution in [2.45, 2.75) is 32.6 Å². The van der Waals surface area contributed by atoms with Crippen molar-refractivity contribution in [3.8, 4) is 0 Å². The van der Waals surface area contributed by atoms with Gasteiger partial charge in [0.2, 0.25) is 10.0 Å². The van der Waals surface area contributed by atoms with Crippen LogP contribution in [0.25, 0.3) is 0 Å². The average molecular weight is 387 g/mol. The number of nitrogens with one attached hydrogen (secondary N) is 1. The van der Waals surface area contributed by atoms with Crippen molar-refractivity contribution in [2.24, 2.45) is 0 Å². The molecule has 0 aromatic carbocycles. The highest BCUT2D eigenvalue weighted by Gasteiger charge is 2.13. The molecule has 0 fully saturated rings. The lowest BCUT2D eigenvalue weighted by Gasteiger charge is -2.07. The molecule has 0 saturated heterocycles. The van der Waals surface area contributed by atoms with E-state index in [0.29, 0.717) is 13.0 Å². The number of carbonyl (C=O) groups is 2. The summed E-state index contributed by atoms with van der Waals surface area (Å²) in [6.07, 6.45) is 1.36. The van der Waals surface area contributed by atoms with Gasteiger partial charge >= 0.3 is 11.9 Å². The van der Waals surface area contributed by atoms with Crippen molar-refractivity contribution in [1.29, 1.82) is 0 Å². The lowest BCUT2D eigenvalue weighted by molar-refractivity contribution is -0.147. The second-order valence-corrected chi connectivity index (χ2v) is 9.26. The normalized spacial score (nSPS) is 11.9. The third kappa shape index (κ3) is 14.4. The highest BCUT2D eigenvalue weighted by atomic mass is 32.2. The maximum absolute atomic E-state index is 11.6. The molecule has 1 N–H and O–H groups in total. The van der Waals surface area contributed by atoms with E-state index in [0.717, 1.165) is 6.26 Å². The molecule has 142 valence electrons. The van der Waals surface area contributed by atoms with E-state index in [1.165, 1.54) is 0 Å². The Kier molecular flexibility index (Phi) is 10.8. The molecule has 0 saturated carbocycles. The Morgan fingerprint density at radius 3 is 2.12 bits per heavy atom. The van der Waals surface area contributed by atoms with Gasteiger partial charge in [-0.15, -0.1) is 0 Å². The van der Waals surface area contributed by atoms with Gasteiger partial charge in [-0.2, -0.15) is 0 Å². The van der Waals surface area contributed by atoms with Crippen LogP contribution >= 0.6 is 0 Å². The standard InChI is InChI=1S/C13H25NO8S2/c1-3-21-12(15)6-4-9-22-13(16)7-8-14-24(19,20)11-5-10-23(2,17)18/h14H,3-11H2,1-2H3. The molecule has 0 spiro atoms. The van der Waals surface area contributed by atoms with Crippen LogP contribution in [0.15, 0.2) is 0 Å². The molecule has 0 bridgehead atoms. The molecule has 0 aliphatic carbocycles. The van der Waals surface area contributed by atoms with Crippen LogP contribution in [-0.2, 0) is 38.9 Å². The van der Waals surface area contributed by atoms with Crippen molar-refractivity contribution in [2.75, 3.05) is 37.5 Å². The van der Waals surface area contributed by atoms with Gasteiger partial charge < -0.3 is 9.47 Å². The number of sulfone groups is 1. The van der Waals surface area contributed by atoms with Crippen LogP contribution in [0.5, 0.6) is 0 Å². The quantitative estimate of drug-likeness (QED) is 0.334. The third-order valence-electron chi connectivity index (χ3n) is 2.67. The maximum atomic E-state index is 11.6. The summed E-state index contributed by atoms with van der Waals surface area (Å²) in [4.78, 5) is 22.4. The van der Waals surface area contributed by atoms with Crippen molar-refractivity contribution in [3.63, 3.8) is 0 Å². The molecule has 0 atom stereocenters. The van der Waals surface area contributed by atoms with Crippen LogP contribution < -0.4 is 4.72 Å². The number of esters is 2. The van der Waals surface area contributed by atoms with Crippen molar-refractivity contribution >= 4 is 31.8 Å². The molecular formula is C13H25NO8S2. The van der Waals surface area contributed by atoms with Gasteiger partial charge in [0, 0.05) is 19.2 Å². The Bertz CT molecular complexity index is 597. The topological polar surface area (TPSA) is 133 Å². The van der Waals surface area contributed by atoms with Gasteiger partial charge in [-0.05, 0) is 19.8 Å². The van der Waals surface area contributed by atoms with E-state index in [4.69, 9.17) is 9.47 Å². The molecule has 0 unspecified atom stereocenters. The summed E-state index contributed by atoms with van der Waals surface area (Å²) in [5, 5.41) is 0. The first kappa shape index (κ1) is 22.8. The van der Waals surface area contributed by atoms with E-state index >= 15 is 0 Å². The number of carbonyl (C=O) groups excluding carboxylic acids is 2. The summed E-state index contributed by atoms with van der Waals surface area (Å²) in [6.45, 7) is 1.92. The van der Waals surface area contributed by atoms with Crippen molar-refractivity contribution in [1.82, 2.24) is 4.72 Å². The largest absolute Gasteiger partial charge is 0.466 e. The zero-order valence-electron chi connectivity index (χ0n) is 13.9. The number of ether oxygens (including phenoxy) is 2.